The monoisotopic (exact) mass is 317 g/mol. The van der Waals surface area contributed by atoms with Crippen LogP contribution in [0.2, 0.25) is 0 Å². The van der Waals surface area contributed by atoms with Crippen molar-refractivity contribution in [3.63, 3.8) is 0 Å². The molecule has 1 heterocycles. The van der Waals surface area contributed by atoms with Crippen LogP contribution in [0.5, 0.6) is 0 Å². The number of hydrogen-bond donors (Lipinski definition) is 2. The molecule has 1 fully saturated rings. The van der Waals surface area contributed by atoms with Gasteiger partial charge in [0.15, 0.2) is 0 Å². The maximum Gasteiger partial charge on any atom is 0.327 e. The van der Waals surface area contributed by atoms with Gasteiger partial charge in [0.25, 0.3) is 0 Å². The molecule has 0 saturated carbocycles. The van der Waals surface area contributed by atoms with Gasteiger partial charge >= 0.3 is 12.0 Å². The van der Waals surface area contributed by atoms with Gasteiger partial charge in [-0.15, -0.1) is 11.8 Å². The number of urea groups is 1. The number of nitrogens with one attached hydrogen (secondary N) is 1. The minimum absolute atomic E-state index is 0.0159. The Bertz CT molecular complexity index is 352. The van der Waals surface area contributed by atoms with Crippen molar-refractivity contribution < 1.29 is 14.7 Å². The molecule has 0 bridgehead atoms. The summed E-state index contributed by atoms with van der Waals surface area (Å²) in [5.41, 5.74) is 0. The molecule has 0 aromatic rings. The number of carboxylic acid groups (broad SMARTS) is 1. The number of unbranched alkanes of at least 4 members (excludes halogenated alkanes) is 1. The maximum absolute atomic E-state index is 12.3. The first-order valence-electron chi connectivity index (χ1n) is 7.52. The van der Waals surface area contributed by atoms with Gasteiger partial charge in [-0.1, -0.05) is 13.3 Å². The molecule has 2 atom stereocenters. The Morgan fingerprint density at radius 2 is 2.10 bits per heavy atom. The van der Waals surface area contributed by atoms with E-state index < -0.39 is 12.0 Å². The van der Waals surface area contributed by atoms with Crippen LogP contribution in [0.4, 0.5) is 4.79 Å². The first kappa shape index (κ1) is 18.1. The Morgan fingerprint density at radius 3 is 2.67 bits per heavy atom. The Kier molecular flexibility index (Phi) is 7.88. The molecule has 1 rings (SSSR count). The van der Waals surface area contributed by atoms with Crippen LogP contribution < -0.4 is 5.32 Å². The summed E-state index contributed by atoms with van der Waals surface area (Å²) in [6, 6.07) is -0.941. The van der Waals surface area contributed by atoms with Gasteiger partial charge < -0.3 is 15.3 Å². The average molecular weight is 317 g/mol. The molecule has 2 amide bonds. The summed E-state index contributed by atoms with van der Waals surface area (Å²) < 4.78 is 0. The molecule has 0 spiro atoms. The van der Waals surface area contributed by atoms with Crippen LogP contribution >= 0.6 is 11.8 Å². The molecule has 0 aromatic carbocycles. The second-order valence-electron chi connectivity index (χ2n) is 5.58. The van der Waals surface area contributed by atoms with Crippen molar-refractivity contribution in [2.24, 2.45) is 0 Å². The number of rotatable bonds is 8. The molecule has 0 radical (unpaired) electrons. The van der Waals surface area contributed by atoms with Crippen LogP contribution in [0.3, 0.4) is 0 Å². The SMILES string of the molecule is CCCC1SCC(C(=O)O)N1C(=O)NCCCCN(C)C. The summed E-state index contributed by atoms with van der Waals surface area (Å²) >= 11 is 1.57. The van der Waals surface area contributed by atoms with Crippen LogP contribution in [0.15, 0.2) is 0 Å². The van der Waals surface area contributed by atoms with Gasteiger partial charge in [-0.25, -0.2) is 9.59 Å². The Hall–Kier alpha value is -0.950. The molecule has 2 N–H and O–H groups in total. The molecule has 21 heavy (non-hydrogen) atoms. The first-order valence-corrected chi connectivity index (χ1v) is 8.57. The number of nitrogens with zero attached hydrogens (tertiary/aromatic N) is 2. The van der Waals surface area contributed by atoms with Gasteiger partial charge in [0, 0.05) is 12.3 Å². The summed E-state index contributed by atoms with van der Waals surface area (Å²) in [6.45, 7) is 3.64. The second kappa shape index (κ2) is 9.15. The standard InChI is InChI=1S/C14H27N3O3S/c1-4-7-12-17(11(10-21-12)13(18)19)14(20)15-8-5-6-9-16(2)3/h11-12H,4-10H2,1-3H3,(H,15,20)(H,18,19). The van der Waals surface area contributed by atoms with E-state index in [4.69, 9.17) is 0 Å². The van der Waals surface area contributed by atoms with Crippen molar-refractivity contribution in [1.29, 1.82) is 0 Å². The highest BCUT2D eigenvalue weighted by Crippen LogP contribution is 2.32. The normalized spacial score (nSPS) is 21.8. The number of carbonyl (C=O) groups is 2. The van der Waals surface area contributed by atoms with E-state index in [-0.39, 0.29) is 11.4 Å². The first-order chi connectivity index (χ1) is 9.97. The van der Waals surface area contributed by atoms with Crippen molar-refractivity contribution in [2.75, 3.05) is 32.9 Å². The van der Waals surface area contributed by atoms with E-state index in [0.29, 0.717) is 12.3 Å². The second-order valence-corrected chi connectivity index (χ2v) is 6.79. The van der Waals surface area contributed by atoms with Crippen LogP contribution in [0.25, 0.3) is 0 Å². The third-order valence-electron chi connectivity index (χ3n) is 3.46. The van der Waals surface area contributed by atoms with Crippen LogP contribution in [0, 0.1) is 0 Å². The van der Waals surface area contributed by atoms with Crippen molar-refractivity contribution in [1.82, 2.24) is 15.1 Å². The fourth-order valence-corrected chi connectivity index (χ4v) is 3.85. The van der Waals surface area contributed by atoms with Crippen LogP contribution in [-0.4, -0.2) is 71.3 Å². The molecule has 1 aliphatic heterocycles. The number of carbonyl (C=O) groups excluding carboxylic acids is 1. The summed E-state index contributed by atoms with van der Waals surface area (Å²) in [4.78, 5) is 27.2. The highest BCUT2D eigenvalue weighted by Gasteiger charge is 2.40. The highest BCUT2D eigenvalue weighted by molar-refractivity contribution is 8.00. The highest BCUT2D eigenvalue weighted by atomic mass is 32.2. The van der Waals surface area contributed by atoms with Crippen molar-refractivity contribution >= 4 is 23.8 Å². The molecule has 6 nitrogen and oxygen atoms in total. The maximum atomic E-state index is 12.3. The summed E-state index contributed by atoms with van der Waals surface area (Å²) in [7, 11) is 4.04. The largest absolute Gasteiger partial charge is 0.480 e. The number of hydrogen-bond acceptors (Lipinski definition) is 4. The molecular formula is C14H27N3O3S. The molecule has 1 aliphatic rings. The lowest BCUT2D eigenvalue weighted by atomic mass is 10.2. The average Bonchev–Trinajstić information content (AvgIpc) is 2.82. The molecule has 1 saturated heterocycles. The zero-order valence-corrected chi connectivity index (χ0v) is 14.0. The van der Waals surface area contributed by atoms with E-state index in [1.54, 1.807) is 11.8 Å². The zero-order valence-electron chi connectivity index (χ0n) is 13.2. The van der Waals surface area contributed by atoms with E-state index in [2.05, 4.69) is 10.2 Å². The molecule has 122 valence electrons. The molecule has 2 unspecified atom stereocenters. The van der Waals surface area contributed by atoms with Gasteiger partial charge in [0.05, 0.1) is 5.37 Å². The number of aliphatic carboxylic acids is 1. The third kappa shape index (κ3) is 5.74. The van der Waals surface area contributed by atoms with Crippen molar-refractivity contribution in [3.8, 4) is 0 Å². The van der Waals surface area contributed by atoms with Gasteiger partial charge in [0.1, 0.15) is 6.04 Å². The number of thioether (sulfide) groups is 1. The third-order valence-corrected chi connectivity index (χ3v) is 4.81. The van der Waals surface area contributed by atoms with E-state index in [1.165, 1.54) is 4.90 Å². The molecular weight excluding hydrogens is 290 g/mol. The smallest absolute Gasteiger partial charge is 0.327 e. The summed E-state index contributed by atoms with van der Waals surface area (Å²) in [5, 5.41) is 12.1. The Labute approximate surface area is 131 Å². The van der Waals surface area contributed by atoms with E-state index >= 15 is 0 Å². The number of amides is 2. The van der Waals surface area contributed by atoms with Gasteiger partial charge in [-0.3, -0.25) is 4.90 Å². The molecule has 0 aliphatic carbocycles. The lowest BCUT2D eigenvalue weighted by Crippen LogP contribution is -2.50. The summed E-state index contributed by atoms with van der Waals surface area (Å²) in [6.07, 6.45) is 3.70. The lowest BCUT2D eigenvalue weighted by molar-refractivity contribution is -0.141. The minimum Gasteiger partial charge on any atom is -0.480 e. The van der Waals surface area contributed by atoms with Crippen LogP contribution in [-0.2, 0) is 4.79 Å². The van der Waals surface area contributed by atoms with E-state index in [0.717, 1.165) is 32.2 Å². The topological polar surface area (TPSA) is 72.9 Å². The predicted molar refractivity (Wildman–Crippen MR) is 85.6 cm³/mol. The Balaban J connectivity index is 2.45. The minimum atomic E-state index is -0.913. The molecule has 0 aromatic heterocycles. The van der Waals surface area contributed by atoms with Crippen LogP contribution in [0.1, 0.15) is 32.6 Å². The van der Waals surface area contributed by atoms with Gasteiger partial charge in [-0.2, -0.15) is 0 Å². The molecule has 7 heteroatoms. The fourth-order valence-electron chi connectivity index (χ4n) is 2.34. The van der Waals surface area contributed by atoms with Crippen molar-refractivity contribution in [3.05, 3.63) is 0 Å². The van der Waals surface area contributed by atoms with Gasteiger partial charge in [-0.05, 0) is 39.9 Å². The summed E-state index contributed by atoms with van der Waals surface area (Å²) in [5.74, 6) is -0.433. The number of carboxylic acids is 1. The van der Waals surface area contributed by atoms with Crippen molar-refractivity contribution in [2.45, 2.75) is 44.0 Å². The lowest BCUT2D eigenvalue weighted by Gasteiger charge is -2.27. The fraction of sp³-hybridized carbons (Fsp3) is 0.857. The van der Waals surface area contributed by atoms with Gasteiger partial charge in [0.2, 0.25) is 0 Å². The quantitative estimate of drug-likeness (QED) is 0.666. The Morgan fingerprint density at radius 1 is 1.38 bits per heavy atom. The predicted octanol–water partition coefficient (Wildman–Crippen LogP) is 1.67. The van der Waals surface area contributed by atoms with E-state index in [1.807, 2.05) is 21.0 Å². The zero-order chi connectivity index (χ0) is 15.8. The van der Waals surface area contributed by atoms with E-state index in [9.17, 15) is 14.7 Å².